The lowest BCUT2D eigenvalue weighted by atomic mass is 10.0. The zero-order valence-corrected chi connectivity index (χ0v) is 28.3. The summed E-state index contributed by atoms with van der Waals surface area (Å²) in [5, 5.41) is 18.0. The Morgan fingerprint density at radius 3 is 2.67 bits per heavy atom. The summed E-state index contributed by atoms with van der Waals surface area (Å²) in [6.07, 6.45) is 6.33. The summed E-state index contributed by atoms with van der Waals surface area (Å²) in [7, 11) is 0. The minimum Gasteiger partial charge on any atom is -0.455 e. The summed E-state index contributed by atoms with van der Waals surface area (Å²) in [6, 6.07) is 13.0. The largest absolute Gasteiger partial charge is 0.455 e. The number of rotatable bonds is 12. The van der Waals surface area contributed by atoms with E-state index in [2.05, 4.69) is 35.5 Å². The molecular weight excluding hydrogens is 598 g/mol. The first-order valence-corrected chi connectivity index (χ1v) is 17.8. The molecule has 11 heteroatoms. The molecule has 248 valence electrons. The minimum atomic E-state index is -0.686. The molecule has 3 aliphatic rings. The van der Waals surface area contributed by atoms with Crippen molar-refractivity contribution in [2.75, 3.05) is 39.3 Å². The van der Waals surface area contributed by atoms with E-state index in [0.29, 0.717) is 37.8 Å². The minimum absolute atomic E-state index is 0.0172. The fraction of sp³-hybridized carbons (Fsp3) is 0.600. The maximum absolute atomic E-state index is 14.2. The van der Waals surface area contributed by atoms with Crippen molar-refractivity contribution in [3.8, 4) is 6.07 Å². The van der Waals surface area contributed by atoms with Gasteiger partial charge < -0.3 is 30.1 Å². The van der Waals surface area contributed by atoms with Gasteiger partial charge in [-0.15, -0.1) is 11.3 Å². The predicted octanol–water partition coefficient (Wildman–Crippen LogP) is 4.29. The van der Waals surface area contributed by atoms with E-state index in [4.69, 9.17) is 9.73 Å². The molecule has 10 nitrogen and oxygen atoms in total. The number of piperazine rings is 1. The van der Waals surface area contributed by atoms with E-state index in [9.17, 15) is 14.9 Å². The van der Waals surface area contributed by atoms with Crippen molar-refractivity contribution in [2.24, 2.45) is 4.99 Å². The number of nitrogens with one attached hydrogen (secondary N) is 2. The molecule has 1 unspecified atom stereocenters. The Morgan fingerprint density at radius 1 is 1.11 bits per heavy atom. The molecule has 0 bridgehead atoms. The zero-order chi connectivity index (χ0) is 32.5. The highest BCUT2D eigenvalue weighted by Gasteiger charge is 2.41. The SMILES string of the molecule is CC(C)N[C@H](CCCCN1CCCCC1)C(=O)N1CCN(C2=NC(C)[C@H](c3cccc(C#N)c3)O2)C[C@H]1C(=O)NCc1cccs1. The molecule has 2 saturated heterocycles. The number of nitriles is 1. The summed E-state index contributed by atoms with van der Waals surface area (Å²) >= 11 is 1.60. The fourth-order valence-electron chi connectivity index (χ4n) is 6.67. The second-order valence-electron chi connectivity index (χ2n) is 13.0. The van der Waals surface area contributed by atoms with Gasteiger partial charge in [-0.05, 0) is 81.4 Å². The van der Waals surface area contributed by atoms with Crippen LogP contribution in [0.1, 0.15) is 81.4 Å². The van der Waals surface area contributed by atoms with Gasteiger partial charge in [0.05, 0.1) is 36.8 Å². The molecule has 2 N–H and O–H groups in total. The number of thiophene rings is 1. The van der Waals surface area contributed by atoms with Crippen molar-refractivity contribution in [3.05, 3.63) is 57.8 Å². The predicted molar refractivity (Wildman–Crippen MR) is 181 cm³/mol. The Bertz CT molecular complexity index is 1370. The summed E-state index contributed by atoms with van der Waals surface area (Å²) in [4.78, 5) is 40.2. The van der Waals surface area contributed by atoms with Gasteiger partial charge in [-0.2, -0.15) is 5.26 Å². The van der Waals surface area contributed by atoms with Gasteiger partial charge >= 0.3 is 0 Å². The van der Waals surface area contributed by atoms with Gasteiger partial charge in [0.1, 0.15) is 12.1 Å². The number of nitrogens with zero attached hydrogens (tertiary/aromatic N) is 5. The van der Waals surface area contributed by atoms with Crippen LogP contribution in [-0.4, -0.2) is 96.0 Å². The number of piperidine rings is 1. The highest BCUT2D eigenvalue weighted by Crippen LogP contribution is 2.31. The van der Waals surface area contributed by atoms with E-state index in [1.54, 1.807) is 22.3 Å². The molecule has 2 amide bonds. The second-order valence-corrected chi connectivity index (χ2v) is 14.0. The van der Waals surface area contributed by atoms with Crippen LogP contribution in [0, 0.1) is 11.3 Å². The molecule has 3 aliphatic heterocycles. The van der Waals surface area contributed by atoms with Crippen LogP contribution in [-0.2, 0) is 20.9 Å². The lowest BCUT2D eigenvalue weighted by Gasteiger charge is -2.42. The van der Waals surface area contributed by atoms with Crippen molar-refractivity contribution in [1.82, 2.24) is 25.3 Å². The Labute approximate surface area is 277 Å². The first-order chi connectivity index (χ1) is 22.3. The summed E-state index contributed by atoms with van der Waals surface area (Å²) < 4.78 is 6.37. The monoisotopic (exact) mass is 647 g/mol. The maximum atomic E-state index is 14.2. The molecule has 0 saturated carbocycles. The quantitative estimate of drug-likeness (QED) is 0.331. The lowest BCUT2D eigenvalue weighted by Crippen LogP contribution is -2.64. The van der Waals surface area contributed by atoms with Crippen LogP contribution in [0.25, 0.3) is 0 Å². The maximum Gasteiger partial charge on any atom is 0.288 e. The van der Waals surface area contributed by atoms with Crippen LogP contribution in [0.2, 0.25) is 0 Å². The molecule has 1 aromatic carbocycles. The van der Waals surface area contributed by atoms with E-state index in [0.717, 1.165) is 36.2 Å². The molecule has 2 aromatic rings. The van der Waals surface area contributed by atoms with Crippen LogP contribution in [0.15, 0.2) is 46.8 Å². The first-order valence-electron chi connectivity index (χ1n) is 16.9. The average molecular weight is 648 g/mol. The van der Waals surface area contributed by atoms with Gasteiger partial charge in [-0.1, -0.05) is 44.9 Å². The molecule has 0 radical (unpaired) electrons. The van der Waals surface area contributed by atoms with Crippen LogP contribution in [0.5, 0.6) is 0 Å². The smallest absolute Gasteiger partial charge is 0.288 e. The van der Waals surface area contributed by atoms with Crippen LogP contribution in [0.3, 0.4) is 0 Å². The number of carbonyl (C=O) groups is 2. The van der Waals surface area contributed by atoms with Crippen LogP contribution in [0.4, 0.5) is 0 Å². The number of unbranched alkanes of at least 4 members (excludes halogenated alkanes) is 1. The van der Waals surface area contributed by atoms with Gasteiger partial charge in [0.15, 0.2) is 0 Å². The third kappa shape index (κ3) is 8.87. The van der Waals surface area contributed by atoms with E-state index in [1.807, 2.05) is 47.5 Å². The highest BCUT2D eigenvalue weighted by molar-refractivity contribution is 7.09. The molecule has 2 fully saturated rings. The number of hydrogen-bond acceptors (Lipinski definition) is 9. The first kappa shape index (κ1) is 33.9. The van der Waals surface area contributed by atoms with Crippen molar-refractivity contribution in [3.63, 3.8) is 0 Å². The third-order valence-corrected chi connectivity index (χ3v) is 9.96. The average Bonchev–Trinajstić information content (AvgIpc) is 3.74. The Hall–Kier alpha value is -3.46. The summed E-state index contributed by atoms with van der Waals surface area (Å²) in [5.41, 5.74) is 1.47. The molecule has 46 heavy (non-hydrogen) atoms. The topological polar surface area (TPSA) is 113 Å². The molecule has 5 rings (SSSR count). The van der Waals surface area contributed by atoms with Crippen molar-refractivity contribution in [2.45, 2.75) is 96.1 Å². The van der Waals surface area contributed by atoms with Gasteiger partial charge in [0.2, 0.25) is 11.8 Å². The molecule has 4 atom stereocenters. The van der Waals surface area contributed by atoms with Gasteiger partial charge in [-0.25, -0.2) is 4.99 Å². The second kappa shape index (κ2) is 16.4. The van der Waals surface area contributed by atoms with Crippen molar-refractivity contribution in [1.29, 1.82) is 5.26 Å². The molecule has 0 spiro atoms. The molecule has 1 aromatic heterocycles. The lowest BCUT2D eigenvalue weighted by molar-refractivity contribution is -0.145. The number of ether oxygens (including phenoxy) is 1. The van der Waals surface area contributed by atoms with E-state index in [-0.39, 0.29) is 36.0 Å². The van der Waals surface area contributed by atoms with Crippen LogP contribution < -0.4 is 10.6 Å². The Balaban J connectivity index is 1.27. The standard InChI is InChI=1S/C35H49N7O3S/c1-25(2)38-30(14-5-8-17-40-15-6-4-7-16-40)34(44)42-19-18-41(24-31(42)33(43)37-23-29-13-10-20-46-29)35-39-26(3)32(45-35)28-12-9-11-27(21-28)22-36/h9-13,20-21,25-26,30-32,38H,4-8,14-19,23-24H2,1-3H3,(H,37,43)/t26?,30-,31+,32-/m1/s1. The Kier molecular flexibility index (Phi) is 12.1. The summed E-state index contributed by atoms with van der Waals surface area (Å²) in [6.45, 7) is 11.2. The number of hydrogen-bond donors (Lipinski definition) is 2. The van der Waals surface area contributed by atoms with Crippen LogP contribution >= 0.6 is 11.3 Å². The Morgan fingerprint density at radius 2 is 1.93 bits per heavy atom. The number of amidine groups is 1. The van der Waals surface area contributed by atoms with Crippen molar-refractivity contribution < 1.29 is 14.3 Å². The third-order valence-electron chi connectivity index (χ3n) is 9.08. The molecular formula is C35H49N7O3S. The molecule has 0 aliphatic carbocycles. The van der Waals surface area contributed by atoms with E-state index in [1.165, 1.54) is 32.4 Å². The normalized spacial score (nSPS) is 22.7. The number of amides is 2. The summed E-state index contributed by atoms with van der Waals surface area (Å²) in [5.74, 6) is -0.193. The zero-order valence-electron chi connectivity index (χ0n) is 27.5. The van der Waals surface area contributed by atoms with Gasteiger partial charge in [-0.3, -0.25) is 9.59 Å². The van der Waals surface area contributed by atoms with E-state index < -0.39 is 6.04 Å². The number of aliphatic imine (C=N–C) groups is 1. The molecule has 4 heterocycles. The fourth-order valence-corrected chi connectivity index (χ4v) is 7.31. The number of likely N-dealkylation sites (tertiary alicyclic amines) is 1. The number of carbonyl (C=O) groups excluding carboxylic acids is 2. The highest BCUT2D eigenvalue weighted by atomic mass is 32.1. The van der Waals surface area contributed by atoms with E-state index >= 15 is 0 Å². The van der Waals surface area contributed by atoms with Gasteiger partial charge in [0.25, 0.3) is 6.02 Å². The van der Waals surface area contributed by atoms with Gasteiger partial charge in [0, 0.05) is 24.0 Å². The number of benzene rings is 1. The van der Waals surface area contributed by atoms with Crippen molar-refractivity contribution >= 4 is 29.2 Å².